The number of rotatable bonds is 4. The first-order valence-electron chi connectivity index (χ1n) is 9.38. The summed E-state index contributed by atoms with van der Waals surface area (Å²) in [7, 11) is -0.861. The quantitative estimate of drug-likeness (QED) is 0.591. The van der Waals surface area contributed by atoms with Gasteiger partial charge in [0.25, 0.3) is 10.2 Å². The minimum absolute atomic E-state index is 0.133. The number of anilines is 1. The molecule has 4 rings (SSSR count). The van der Waals surface area contributed by atoms with Crippen molar-refractivity contribution in [3.8, 4) is 16.5 Å². The summed E-state index contributed by atoms with van der Waals surface area (Å²) in [6.45, 7) is 0. The van der Waals surface area contributed by atoms with Crippen molar-refractivity contribution in [3.63, 3.8) is 0 Å². The van der Waals surface area contributed by atoms with Crippen LogP contribution < -0.4 is 10.0 Å². The number of likely N-dealkylation sites (N-methyl/N-ethyl adjacent to an activating group) is 1. The number of aryl methyl sites for hydroxylation is 1. The van der Waals surface area contributed by atoms with Crippen LogP contribution in [0.4, 0.5) is 10.1 Å². The molecule has 2 aromatic heterocycles. The van der Waals surface area contributed by atoms with Crippen LogP contribution in [0.3, 0.4) is 0 Å². The minimum Gasteiger partial charge on any atom is -0.325 e. The number of hydrogen-bond donors (Lipinski definition) is 2. The number of carbonyl (C=O) groups is 1. The van der Waals surface area contributed by atoms with E-state index in [-0.39, 0.29) is 17.7 Å². The highest BCUT2D eigenvalue weighted by atomic mass is 32.2. The second-order valence-corrected chi connectivity index (χ2v) is 10.0. The van der Waals surface area contributed by atoms with Crippen LogP contribution in [0, 0.1) is 17.1 Å². The largest absolute Gasteiger partial charge is 0.325 e. The fourth-order valence-electron chi connectivity index (χ4n) is 3.32. The molecule has 0 unspecified atom stereocenters. The number of hydrogen-bond acceptors (Lipinski definition) is 7. The van der Waals surface area contributed by atoms with Crippen molar-refractivity contribution in [1.29, 1.82) is 5.26 Å². The van der Waals surface area contributed by atoms with Gasteiger partial charge in [0.2, 0.25) is 5.91 Å². The molecule has 3 heterocycles. The zero-order valence-corrected chi connectivity index (χ0v) is 18.6. The van der Waals surface area contributed by atoms with E-state index in [1.807, 2.05) is 6.20 Å². The van der Waals surface area contributed by atoms with Gasteiger partial charge in [-0.2, -0.15) is 27.8 Å². The average Bonchev–Trinajstić information content (AvgIpc) is 3.40. The van der Waals surface area contributed by atoms with Crippen molar-refractivity contribution < 1.29 is 17.6 Å². The molecule has 1 amide bonds. The topological polar surface area (TPSA) is 133 Å². The van der Waals surface area contributed by atoms with E-state index in [1.54, 1.807) is 30.2 Å². The highest BCUT2D eigenvalue weighted by molar-refractivity contribution is 7.87. The van der Waals surface area contributed by atoms with Crippen LogP contribution in [0.1, 0.15) is 23.0 Å². The van der Waals surface area contributed by atoms with E-state index < -0.39 is 34.0 Å². The van der Waals surface area contributed by atoms with Crippen molar-refractivity contribution >= 4 is 33.1 Å². The number of nitrogens with zero attached hydrogens (tertiary/aromatic N) is 5. The van der Waals surface area contributed by atoms with Crippen LogP contribution in [0.25, 0.3) is 10.4 Å². The normalized spacial score (nSPS) is 20.6. The molecule has 0 spiro atoms. The van der Waals surface area contributed by atoms with Gasteiger partial charge in [-0.3, -0.25) is 9.48 Å². The number of aromatic nitrogens is 3. The van der Waals surface area contributed by atoms with E-state index in [1.165, 1.54) is 30.5 Å². The van der Waals surface area contributed by atoms with Crippen molar-refractivity contribution in [2.24, 2.45) is 7.05 Å². The summed E-state index contributed by atoms with van der Waals surface area (Å²) in [5.41, 5.74) is 0.825. The summed E-state index contributed by atoms with van der Waals surface area (Å²) in [4.78, 5) is 18.1. The van der Waals surface area contributed by atoms with Gasteiger partial charge in [-0.15, -0.1) is 11.3 Å². The van der Waals surface area contributed by atoms with Crippen LogP contribution in [0.5, 0.6) is 0 Å². The van der Waals surface area contributed by atoms with Crippen molar-refractivity contribution in [3.05, 3.63) is 53.2 Å². The smallest absolute Gasteiger partial charge is 0.280 e. The van der Waals surface area contributed by atoms with Crippen LogP contribution in [-0.2, 0) is 22.1 Å². The average molecular weight is 476 g/mol. The Balaban J connectivity index is 1.57. The Morgan fingerprint density at radius 2 is 2.16 bits per heavy atom. The number of amides is 1. The van der Waals surface area contributed by atoms with E-state index in [4.69, 9.17) is 5.26 Å². The third-order valence-corrected chi connectivity index (χ3v) is 7.79. The third kappa shape index (κ3) is 4.26. The monoisotopic (exact) mass is 475 g/mol. The number of nitrogens with one attached hydrogen (secondary N) is 2. The second-order valence-electron chi connectivity index (χ2n) is 7.20. The first-order valence-corrected chi connectivity index (χ1v) is 11.6. The van der Waals surface area contributed by atoms with Crippen LogP contribution in [0.2, 0.25) is 0 Å². The first kappa shape index (κ1) is 22.0. The fourth-order valence-corrected chi connectivity index (χ4v) is 5.60. The van der Waals surface area contributed by atoms with Gasteiger partial charge in [-0.1, -0.05) is 0 Å². The molecule has 0 bridgehead atoms. The molecule has 1 aliphatic heterocycles. The second kappa shape index (κ2) is 8.40. The van der Waals surface area contributed by atoms with Gasteiger partial charge in [0.15, 0.2) is 0 Å². The molecule has 0 radical (unpaired) electrons. The van der Waals surface area contributed by atoms with E-state index >= 15 is 0 Å². The minimum atomic E-state index is -3.96. The number of carbonyl (C=O) groups excluding carboxylic acids is 1. The fraction of sp³-hybridized carbons (Fsp3) is 0.263. The van der Waals surface area contributed by atoms with Gasteiger partial charge in [0.1, 0.15) is 22.9 Å². The molecule has 1 saturated heterocycles. The Morgan fingerprint density at radius 1 is 1.38 bits per heavy atom. The van der Waals surface area contributed by atoms with E-state index in [0.717, 1.165) is 20.8 Å². The summed E-state index contributed by atoms with van der Waals surface area (Å²) < 4.78 is 44.0. The number of halogens is 1. The van der Waals surface area contributed by atoms with Crippen LogP contribution in [-0.4, -0.2) is 46.5 Å². The van der Waals surface area contributed by atoms with Crippen LogP contribution >= 0.6 is 11.3 Å². The molecule has 1 aliphatic rings. The molecule has 2 atom stereocenters. The zero-order chi connectivity index (χ0) is 23.0. The number of benzene rings is 1. The van der Waals surface area contributed by atoms with Gasteiger partial charge < -0.3 is 5.32 Å². The maximum atomic E-state index is 13.5. The van der Waals surface area contributed by atoms with E-state index in [0.29, 0.717) is 5.01 Å². The summed E-state index contributed by atoms with van der Waals surface area (Å²) in [6.07, 6.45) is 5.28. The molecule has 0 aliphatic carbocycles. The lowest BCUT2D eigenvalue weighted by molar-refractivity contribution is -0.120. The van der Waals surface area contributed by atoms with Crippen LogP contribution in [0.15, 0.2) is 36.8 Å². The SMILES string of the molecule is CN1[C@@H](C(=O)Nc2ccc(F)c(C#N)c2)C[C@@H](c2ncc(-c3cnn(C)c3)s2)NS1(=O)=O. The Hall–Kier alpha value is -3.18. The predicted molar refractivity (Wildman–Crippen MR) is 115 cm³/mol. The van der Waals surface area contributed by atoms with E-state index in [9.17, 15) is 17.6 Å². The summed E-state index contributed by atoms with van der Waals surface area (Å²) in [5, 5.41) is 16.2. The molecule has 10 nitrogen and oxygen atoms in total. The number of thiazole rings is 1. The maximum Gasteiger partial charge on any atom is 0.280 e. The molecule has 1 aromatic carbocycles. The predicted octanol–water partition coefficient (Wildman–Crippen LogP) is 1.77. The Labute approximate surface area is 187 Å². The first-order chi connectivity index (χ1) is 15.2. The summed E-state index contributed by atoms with van der Waals surface area (Å²) in [6, 6.07) is 3.53. The molecule has 3 aromatic rings. The molecular formula is C19H18FN7O3S2. The van der Waals surface area contributed by atoms with E-state index in [2.05, 4.69) is 20.1 Å². The van der Waals surface area contributed by atoms with Gasteiger partial charge >= 0.3 is 0 Å². The molecule has 13 heteroatoms. The molecule has 0 saturated carbocycles. The van der Waals surface area contributed by atoms with Gasteiger partial charge in [-0.25, -0.2) is 9.37 Å². The zero-order valence-electron chi connectivity index (χ0n) is 17.0. The lowest BCUT2D eigenvalue weighted by atomic mass is 10.1. The van der Waals surface area contributed by atoms with Crippen molar-refractivity contribution in [2.45, 2.75) is 18.5 Å². The molecule has 166 valence electrons. The van der Waals surface area contributed by atoms with Gasteiger partial charge in [-0.05, 0) is 24.6 Å². The number of nitriles is 1. The summed E-state index contributed by atoms with van der Waals surface area (Å²) in [5.74, 6) is -1.30. The lowest BCUT2D eigenvalue weighted by Gasteiger charge is -2.35. The van der Waals surface area contributed by atoms with Gasteiger partial charge in [0, 0.05) is 37.7 Å². The highest BCUT2D eigenvalue weighted by Crippen LogP contribution is 2.34. The molecular weight excluding hydrogens is 457 g/mol. The Morgan fingerprint density at radius 3 is 2.84 bits per heavy atom. The molecule has 2 N–H and O–H groups in total. The molecule has 1 fully saturated rings. The van der Waals surface area contributed by atoms with Crippen molar-refractivity contribution in [1.82, 2.24) is 23.8 Å². The Bertz CT molecular complexity index is 1330. The lowest BCUT2D eigenvalue weighted by Crippen LogP contribution is -2.55. The van der Waals surface area contributed by atoms with Crippen molar-refractivity contribution in [2.75, 3.05) is 12.4 Å². The molecule has 32 heavy (non-hydrogen) atoms. The highest BCUT2D eigenvalue weighted by Gasteiger charge is 2.41. The van der Waals surface area contributed by atoms with Gasteiger partial charge in [0.05, 0.1) is 22.7 Å². The third-order valence-electron chi connectivity index (χ3n) is 5.04. The summed E-state index contributed by atoms with van der Waals surface area (Å²) >= 11 is 1.31. The standard InChI is InChI=1S/C19H18FN7O3S2/c1-26-10-12(8-23-26)17-9-22-19(31-17)15-6-16(27(2)32(29,30)25-15)18(28)24-13-3-4-14(20)11(5-13)7-21/h3-5,8-10,15-16,25H,6H2,1-2H3,(H,24,28)/t15-,16+/m0/s1. The maximum absolute atomic E-state index is 13.5. The Kier molecular flexibility index (Phi) is 5.78.